The molecular weight excluding hydrogens is 474 g/mol. The van der Waals surface area contributed by atoms with Crippen LogP contribution in [0.2, 0.25) is 0 Å². The number of nitrogens with one attached hydrogen (secondary N) is 1. The summed E-state index contributed by atoms with van der Waals surface area (Å²) in [6, 6.07) is 18.6. The molecule has 0 bridgehead atoms. The van der Waals surface area contributed by atoms with E-state index in [1.54, 1.807) is 0 Å². The SMILES string of the molecule is CCCCCCCC[C@H](CC[C@@H]([N-]c1ccc[nH]1)/C(=C/C(=O)O)CN=C(N)N)c1ccc2ccccc2c1. The minimum atomic E-state index is -1.03. The number of aromatic amines is 1. The van der Waals surface area contributed by atoms with Gasteiger partial charge in [0.15, 0.2) is 5.96 Å². The van der Waals surface area contributed by atoms with Gasteiger partial charge in [0.25, 0.3) is 0 Å². The molecule has 0 saturated carbocycles. The monoisotopic (exact) mass is 516 g/mol. The number of carboxylic acids is 1. The summed E-state index contributed by atoms with van der Waals surface area (Å²) >= 11 is 0. The van der Waals surface area contributed by atoms with E-state index in [0.29, 0.717) is 23.7 Å². The number of benzene rings is 2. The highest BCUT2D eigenvalue weighted by atomic mass is 16.4. The van der Waals surface area contributed by atoms with Gasteiger partial charge >= 0.3 is 5.97 Å². The van der Waals surface area contributed by atoms with Crippen LogP contribution in [0, 0.1) is 0 Å². The van der Waals surface area contributed by atoms with E-state index in [1.807, 2.05) is 18.3 Å². The number of unbranched alkanes of at least 4 members (excludes halogenated alkanes) is 5. The lowest BCUT2D eigenvalue weighted by molar-refractivity contribution is -0.131. The molecule has 7 nitrogen and oxygen atoms in total. The Balaban J connectivity index is 1.82. The molecule has 0 amide bonds. The molecule has 38 heavy (non-hydrogen) atoms. The van der Waals surface area contributed by atoms with E-state index < -0.39 is 5.97 Å². The van der Waals surface area contributed by atoms with Gasteiger partial charge in [-0.05, 0) is 53.1 Å². The van der Waals surface area contributed by atoms with Crippen LogP contribution >= 0.6 is 0 Å². The number of rotatable bonds is 17. The van der Waals surface area contributed by atoms with Gasteiger partial charge in [-0.25, -0.2) is 9.79 Å². The normalized spacial score (nSPS) is 13.2. The molecule has 7 heteroatoms. The summed E-state index contributed by atoms with van der Waals surface area (Å²) in [5.41, 5.74) is 13.0. The summed E-state index contributed by atoms with van der Waals surface area (Å²) in [6.07, 6.45) is 13.2. The van der Waals surface area contributed by atoms with Crippen molar-refractivity contribution in [1.82, 2.24) is 4.98 Å². The van der Waals surface area contributed by atoms with Gasteiger partial charge in [-0.2, -0.15) is 0 Å². The minimum Gasteiger partial charge on any atom is -0.478 e. The number of fused-ring (bicyclic) bond motifs is 1. The van der Waals surface area contributed by atoms with Crippen molar-refractivity contribution >= 4 is 28.5 Å². The Morgan fingerprint density at radius 2 is 1.74 bits per heavy atom. The molecule has 2 atom stereocenters. The number of aliphatic imine (C=N–C) groups is 1. The van der Waals surface area contributed by atoms with Crippen molar-refractivity contribution in [2.45, 2.75) is 76.7 Å². The van der Waals surface area contributed by atoms with E-state index in [0.717, 1.165) is 12.8 Å². The number of hydrogen-bond acceptors (Lipinski definition) is 2. The number of nitrogens with zero attached hydrogens (tertiary/aromatic N) is 2. The van der Waals surface area contributed by atoms with Crippen LogP contribution in [0.3, 0.4) is 0 Å². The van der Waals surface area contributed by atoms with Crippen molar-refractivity contribution in [1.29, 1.82) is 0 Å². The number of nitrogens with two attached hydrogens (primary N) is 2. The molecule has 0 saturated heterocycles. The highest BCUT2D eigenvalue weighted by Crippen LogP contribution is 2.34. The summed E-state index contributed by atoms with van der Waals surface area (Å²) in [5, 5.41) is 16.9. The van der Waals surface area contributed by atoms with Gasteiger partial charge < -0.3 is 26.9 Å². The minimum absolute atomic E-state index is 0.0722. The zero-order chi connectivity index (χ0) is 27.2. The topological polar surface area (TPSA) is 132 Å². The molecule has 3 rings (SSSR count). The maximum Gasteiger partial charge on any atom is 0.328 e. The van der Waals surface area contributed by atoms with E-state index in [2.05, 4.69) is 59.4 Å². The lowest BCUT2D eigenvalue weighted by Crippen LogP contribution is -2.24. The highest BCUT2D eigenvalue weighted by molar-refractivity contribution is 5.83. The third-order valence-corrected chi connectivity index (χ3v) is 7.00. The first-order valence-corrected chi connectivity index (χ1v) is 13.8. The third kappa shape index (κ3) is 9.61. The van der Waals surface area contributed by atoms with E-state index in [1.165, 1.54) is 60.9 Å². The van der Waals surface area contributed by atoms with Crippen molar-refractivity contribution in [3.05, 3.63) is 83.3 Å². The van der Waals surface area contributed by atoms with Crippen LogP contribution in [-0.2, 0) is 4.79 Å². The first-order chi connectivity index (χ1) is 18.5. The smallest absolute Gasteiger partial charge is 0.328 e. The molecule has 0 radical (unpaired) electrons. The fourth-order valence-corrected chi connectivity index (χ4v) is 4.96. The molecule has 0 aliphatic heterocycles. The largest absolute Gasteiger partial charge is 0.478 e. The Labute approximate surface area is 226 Å². The van der Waals surface area contributed by atoms with E-state index in [9.17, 15) is 9.90 Å². The number of aromatic nitrogens is 1. The number of carboxylic acid groups (broad SMARTS) is 1. The Morgan fingerprint density at radius 3 is 2.45 bits per heavy atom. The molecule has 0 aliphatic rings. The summed E-state index contributed by atoms with van der Waals surface area (Å²) < 4.78 is 0. The van der Waals surface area contributed by atoms with Gasteiger partial charge in [-0.15, -0.1) is 0 Å². The lowest BCUT2D eigenvalue weighted by Gasteiger charge is -2.29. The number of guanidine groups is 1. The zero-order valence-corrected chi connectivity index (χ0v) is 22.5. The van der Waals surface area contributed by atoms with Crippen LogP contribution in [0.25, 0.3) is 16.1 Å². The van der Waals surface area contributed by atoms with Crippen LogP contribution in [0.1, 0.15) is 76.2 Å². The average molecular weight is 517 g/mol. The van der Waals surface area contributed by atoms with E-state index in [4.69, 9.17) is 16.8 Å². The number of aliphatic carboxylic acids is 1. The number of carbonyl (C=O) groups is 1. The molecule has 0 unspecified atom stereocenters. The van der Waals surface area contributed by atoms with Crippen LogP contribution in [0.4, 0.5) is 5.82 Å². The number of H-pyrrole nitrogens is 1. The molecule has 0 fully saturated rings. The van der Waals surface area contributed by atoms with Gasteiger partial charge in [0.2, 0.25) is 0 Å². The van der Waals surface area contributed by atoms with Crippen molar-refractivity contribution < 1.29 is 9.90 Å². The Morgan fingerprint density at radius 1 is 0.974 bits per heavy atom. The predicted molar refractivity (Wildman–Crippen MR) is 158 cm³/mol. The van der Waals surface area contributed by atoms with Gasteiger partial charge in [0.05, 0.1) is 6.54 Å². The second kappa shape index (κ2) is 15.5. The van der Waals surface area contributed by atoms with Gasteiger partial charge in [0, 0.05) is 6.08 Å². The molecule has 1 aromatic heterocycles. The first kappa shape index (κ1) is 28.8. The maximum absolute atomic E-state index is 11.7. The van der Waals surface area contributed by atoms with Crippen LogP contribution in [0.15, 0.2) is 77.4 Å². The molecule has 2 aromatic carbocycles. The van der Waals surface area contributed by atoms with Crippen molar-refractivity contribution in [3.63, 3.8) is 0 Å². The lowest BCUT2D eigenvalue weighted by atomic mass is 9.85. The highest BCUT2D eigenvalue weighted by Gasteiger charge is 2.18. The van der Waals surface area contributed by atoms with Crippen molar-refractivity contribution in [2.75, 3.05) is 6.54 Å². The molecule has 3 aromatic rings. The third-order valence-electron chi connectivity index (χ3n) is 7.00. The summed E-state index contributed by atoms with van der Waals surface area (Å²) in [6.45, 7) is 2.34. The van der Waals surface area contributed by atoms with Crippen LogP contribution < -0.4 is 11.5 Å². The first-order valence-electron chi connectivity index (χ1n) is 13.8. The molecule has 0 aliphatic carbocycles. The van der Waals surface area contributed by atoms with Crippen molar-refractivity contribution in [3.8, 4) is 0 Å². The Bertz CT molecular complexity index is 1180. The summed E-state index contributed by atoms with van der Waals surface area (Å²) in [4.78, 5) is 18.9. The molecule has 1 heterocycles. The predicted octanol–water partition coefficient (Wildman–Crippen LogP) is 7.14. The Kier molecular flexibility index (Phi) is 11.8. The summed E-state index contributed by atoms with van der Waals surface area (Å²) in [5.74, 6) is -0.0527. The zero-order valence-electron chi connectivity index (χ0n) is 22.5. The maximum atomic E-state index is 11.7. The fourth-order valence-electron chi connectivity index (χ4n) is 4.96. The molecule has 204 valence electrons. The van der Waals surface area contributed by atoms with E-state index in [-0.39, 0.29) is 18.5 Å². The molecule has 6 N–H and O–H groups in total. The second-order valence-electron chi connectivity index (χ2n) is 9.94. The fraction of sp³-hybridized carbons (Fsp3) is 0.419. The van der Waals surface area contributed by atoms with Gasteiger partial charge in [0.1, 0.15) is 0 Å². The van der Waals surface area contributed by atoms with E-state index >= 15 is 0 Å². The standard InChI is InChI=1S/C31H42N5O2/c1-2-3-4-5-6-7-11-24(26-16-15-23-12-8-9-13-25(23)20-26)17-18-28(36-29-14-10-19-34-29)27(21-30(37)38)22-35-31(32)33/h8-10,12-16,19-21,24,28,34H,2-7,11,17-18,22H2,1H3,(H,37,38)(H4,32,33,35)/q-1/b27-21+/t24-,28-/m1/s1. The average Bonchev–Trinajstić information content (AvgIpc) is 3.42. The molecule has 0 spiro atoms. The number of hydrogen-bond donors (Lipinski definition) is 4. The quantitative estimate of drug-likeness (QED) is 0.0657. The van der Waals surface area contributed by atoms with Crippen LogP contribution in [-0.4, -0.2) is 34.6 Å². The van der Waals surface area contributed by atoms with Gasteiger partial charge in [-0.3, -0.25) is 0 Å². The second-order valence-corrected chi connectivity index (χ2v) is 9.94. The van der Waals surface area contributed by atoms with Gasteiger partial charge in [-0.1, -0.05) is 112 Å². The molecular formula is C31H42N5O2-. The van der Waals surface area contributed by atoms with Crippen molar-refractivity contribution in [2.24, 2.45) is 16.5 Å². The van der Waals surface area contributed by atoms with Crippen LogP contribution in [0.5, 0.6) is 0 Å². The Hall–Kier alpha value is -3.74. The summed E-state index contributed by atoms with van der Waals surface area (Å²) in [7, 11) is 0.